The highest BCUT2D eigenvalue weighted by atomic mass is 16.3. The van der Waals surface area contributed by atoms with E-state index in [4.69, 9.17) is 0 Å². The van der Waals surface area contributed by atoms with Crippen molar-refractivity contribution in [3.63, 3.8) is 0 Å². The second-order valence-corrected chi connectivity index (χ2v) is 5.68. The van der Waals surface area contributed by atoms with Crippen LogP contribution in [0, 0.1) is 6.92 Å². The highest BCUT2D eigenvalue weighted by molar-refractivity contribution is 5.81. The Morgan fingerprint density at radius 2 is 1.87 bits per heavy atom. The van der Waals surface area contributed by atoms with Crippen molar-refractivity contribution < 1.29 is 9.90 Å². The minimum absolute atomic E-state index is 0.0170. The van der Waals surface area contributed by atoms with Crippen LogP contribution in [0.2, 0.25) is 0 Å². The summed E-state index contributed by atoms with van der Waals surface area (Å²) in [5.74, 6) is 0.172. The first-order valence-electron chi connectivity index (χ1n) is 7.75. The first kappa shape index (κ1) is 15.2. The Morgan fingerprint density at radius 3 is 2.52 bits per heavy atom. The molecule has 0 aromatic heterocycles. The number of hydrogen-bond acceptors (Lipinski definition) is 3. The number of hydrogen-bond donors (Lipinski definition) is 2. The Labute approximate surface area is 136 Å². The summed E-state index contributed by atoms with van der Waals surface area (Å²) in [7, 11) is 0. The van der Waals surface area contributed by atoms with Gasteiger partial charge in [0.25, 0.3) is 0 Å². The van der Waals surface area contributed by atoms with Gasteiger partial charge in [0, 0.05) is 12.0 Å². The largest absolute Gasteiger partial charge is 0.508 e. The maximum atomic E-state index is 12.3. The van der Waals surface area contributed by atoms with Crippen molar-refractivity contribution in [2.45, 2.75) is 26.3 Å². The summed E-state index contributed by atoms with van der Waals surface area (Å²) in [6.07, 6.45) is 2.37. The van der Waals surface area contributed by atoms with Crippen molar-refractivity contribution >= 4 is 11.6 Å². The number of nitrogens with zero attached hydrogens (tertiary/aromatic N) is 1. The van der Waals surface area contributed by atoms with Crippen LogP contribution in [-0.4, -0.2) is 16.0 Å². The molecule has 0 radical (unpaired) electrons. The maximum absolute atomic E-state index is 12.3. The highest BCUT2D eigenvalue weighted by Crippen LogP contribution is 2.35. The number of rotatable bonds is 3. The molecular weight excluding hydrogens is 288 g/mol. The Bertz CT molecular complexity index is 750. The fourth-order valence-corrected chi connectivity index (χ4v) is 2.72. The zero-order valence-corrected chi connectivity index (χ0v) is 13.3. The van der Waals surface area contributed by atoms with Crippen molar-refractivity contribution in [1.82, 2.24) is 10.4 Å². The molecule has 2 aromatic rings. The summed E-state index contributed by atoms with van der Waals surface area (Å²) in [4.78, 5) is 12.3. The fourth-order valence-electron chi connectivity index (χ4n) is 2.72. The van der Waals surface area contributed by atoms with E-state index < -0.39 is 0 Å². The number of aromatic hydroxyl groups is 1. The minimum Gasteiger partial charge on any atom is -0.508 e. The number of aryl methyl sites for hydroxylation is 1. The lowest BCUT2D eigenvalue weighted by atomic mass is 10.0. The topological polar surface area (TPSA) is 52.6 Å². The molecule has 23 heavy (non-hydrogen) atoms. The van der Waals surface area contributed by atoms with Crippen LogP contribution in [0.4, 0.5) is 0 Å². The van der Waals surface area contributed by atoms with E-state index in [2.05, 4.69) is 5.43 Å². The number of amides is 1. The van der Waals surface area contributed by atoms with Gasteiger partial charge in [0.15, 0.2) is 0 Å². The quantitative estimate of drug-likeness (QED) is 0.912. The molecule has 1 heterocycles. The van der Waals surface area contributed by atoms with E-state index >= 15 is 0 Å². The van der Waals surface area contributed by atoms with E-state index in [0.717, 1.165) is 11.3 Å². The molecule has 1 aliphatic rings. The average Bonchev–Trinajstić information content (AvgIpc) is 3.00. The molecule has 0 bridgehead atoms. The number of hydrazine groups is 1. The van der Waals surface area contributed by atoms with Crippen molar-refractivity contribution in [3.05, 3.63) is 71.3 Å². The van der Waals surface area contributed by atoms with Crippen molar-refractivity contribution in [2.75, 3.05) is 0 Å². The van der Waals surface area contributed by atoms with Gasteiger partial charge in [-0.25, -0.2) is 5.01 Å². The molecule has 118 valence electrons. The fraction of sp³-hybridized carbons (Fsp3) is 0.211. The van der Waals surface area contributed by atoms with Gasteiger partial charge in [-0.2, -0.15) is 0 Å². The van der Waals surface area contributed by atoms with Gasteiger partial charge in [0.2, 0.25) is 5.91 Å². The summed E-state index contributed by atoms with van der Waals surface area (Å²) in [6, 6.07) is 14.9. The van der Waals surface area contributed by atoms with E-state index in [1.54, 1.807) is 17.1 Å². The predicted octanol–water partition coefficient (Wildman–Crippen LogP) is 3.54. The molecule has 0 fully saturated rings. The molecular formula is C19H20N2O2. The van der Waals surface area contributed by atoms with E-state index in [1.165, 1.54) is 5.56 Å². The van der Waals surface area contributed by atoms with Gasteiger partial charge in [-0.1, -0.05) is 55.0 Å². The van der Waals surface area contributed by atoms with E-state index in [9.17, 15) is 9.90 Å². The van der Waals surface area contributed by atoms with Crippen LogP contribution in [0.1, 0.15) is 36.1 Å². The minimum atomic E-state index is -0.319. The van der Waals surface area contributed by atoms with Gasteiger partial charge < -0.3 is 5.11 Å². The third-order valence-corrected chi connectivity index (χ3v) is 4.03. The van der Waals surface area contributed by atoms with E-state index in [-0.39, 0.29) is 17.7 Å². The molecule has 1 aliphatic heterocycles. The molecule has 0 saturated heterocycles. The second-order valence-electron chi connectivity index (χ2n) is 5.68. The van der Waals surface area contributed by atoms with E-state index in [0.29, 0.717) is 12.0 Å². The van der Waals surface area contributed by atoms with Gasteiger partial charge in [0.05, 0.1) is 5.70 Å². The zero-order chi connectivity index (χ0) is 16.4. The summed E-state index contributed by atoms with van der Waals surface area (Å²) in [6.45, 7) is 3.87. The number of phenolic OH excluding ortho intramolecular Hbond substituents is 1. The molecule has 0 unspecified atom stereocenters. The third-order valence-electron chi connectivity index (χ3n) is 4.03. The molecule has 1 atom stereocenters. The van der Waals surface area contributed by atoms with Crippen molar-refractivity contribution in [3.8, 4) is 5.75 Å². The Kier molecular flexibility index (Phi) is 4.06. The Hall–Kier alpha value is -2.75. The maximum Gasteiger partial charge on any atom is 0.241 e. The van der Waals surface area contributed by atoms with Crippen LogP contribution < -0.4 is 5.43 Å². The molecule has 2 aromatic carbocycles. The molecule has 0 saturated carbocycles. The summed E-state index contributed by atoms with van der Waals surface area (Å²) >= 11 is 0. The van der Waals surface area contributed by atoms with Gasteiger partial charge in [-0.05, 0) is 24.6 Å². The predicted molar refractivity (Wildman–Crippen MR) is 90.3 cm³/mol. The van der Waals surface area contributed by atoms with Crippen LogP contribution in [-0.2, 0) is 4.79 Å². The lowest BCUT2D eigenvalue weighted by Gasteiger charge is -2.25. The SMILES string of the molecule is CCC(=O)N1NC(c2ccc(C)cc2)=C[C@H]1c1ccccc1O. The lowest BCUT2D eigenvalue weighted by molar-refractivity contribution is -0.134. The van der Waals surface area contributed by atoms with Gasteiger partial charge in [0.1, 0.15) is 11.8 Å². The van der Waals surface area contributed by atoms with Crippen LogP contribution in [0.5, 0.6) is 5.75 Å². The molecule has 0 aliphatic carbocycles. The van der Waals surface area contributed by atoms with Crippen molar-refractivity contribution in [1.29, 1.82) is 0 Å². The first-order chi connectivity index (χ1) is 11.1. The standard InChI is InChI=1S/C19H20N2O2/c1-3-19(23)21-17(15-6-4-5-7-18(15)22)12-16(20-21)14-10-8-13(2)9-11-14/h4-12,17,20,22H,3H2,1-2H3/t17-/m0/s1. The smallest absolute Gasteiger partial charge is 0.241 e. The molecule has 3 rings (SSSR count). The van der Waals surface area contributed by atoms with Gasteiger partial charge >= 0.3 is 0 Å². The van der Waals surface area contributed by atoms with E-state index in [1.807, 2.05) is 56.3 Å². The van der Waals surface area contributed by atoms with Crippen LogP contribution in [0.25, 0.3) is 5.70 Å². The molecule has 1 amide bonds. The number of carbonyl (C=O) groups is 1. The molecule has 4 heteroatoms. The summed E-state index contributed by atoms with van der Waals surface area (Å²) in [5.41, 5.74) is 6.98. The van der Waals surface area contributed by atoms with Crippen LogP contribution in [0.3, 0.4) is 0 Å². The third kappa shape index (κ3) is 2.93. The number of benzene rings is 2. The first-order valence-corrected chi connectivity index (χ1v) is 7.75. The zero-order valence-electron chi connectivity index (χ0n) is 13.3. The van der Waals surface area contributed by atoms with Gasteiger partial charge in [-0.15, -0.1) is 0 Å². The summed E-state index contributed by atoms with van der Waals surface area (Å²) < 4.78 is 0. The normalized spacial score (nSPS) is 16.9. The number of phenols is 1. The highest BCUT2D eigenvalue weighted by Gasteiger charge is 2.31. The van der Waals surface area contributed by atoms with Crippen molar-refractivity contribution in [2.24, 2.45) is 0 Å². The lowest BCUT2D eigenvalue weighted by Crippen LogP contribution is -2.39. The number of para-hydroxylation sites is 1. The molecule has 0 spiro atoms. The average molecular weight is 308 g/mol. The Balaban J connectivity index is 2.00. The van der Waals surface area contributed by atoms with Crippen LogP contribution in [0.15, 0.2) is 54.6 Å². The Morgan fingerprint density at radius 1 is 1.17 bits per heavy atom. The summed E-state index contributed by atoms with van der Waals surface area (Å²) in [5, 5.41) is 11.7. The number of carbonyl (C=O) groups excluding carboxylic acids is 1. The second kappa shape index (κ2) is 6.16. The van der Waals surface area contributed by atoms with Gasteiger partial charge in [-0.3, -0.25) is 10.2 Å². The monoisotopic (exact) mass is 308 g/mol. The molecule has 4 nitrogen and oxygen atoms in total. The molecule has 2 N–H and O–H groups in total. The van der Waals surface area contributed by atoms with Crippen LogP contribution >= 0.6 is 0 Å². The number of nitrogens with one attached hydrogen (secondary N) is 1.